The van der Waals surface area contributed by atoms with E-state index in [0.29, 0.717) is 18.2 Å². The van der Waals surface area contributed by atoms with Gasteiger partial charge in [0.25, 0.3) is 5.91 Å². The highest BCUT2D eigenvalue weighted by molar-refractivity contribution is 5.94. The smallest absolute Gasteiger partial charge is 0.267 e. The van der Waals surface area contributed by atoms with Crippen LogP contribution < -0.4 is 10.6 Å². The molecule has 2 aromatic heterocycles. The van der Waals surface area contributed by atoms with Crippen LogP contribution in [0.2, 0.25) is 0 Å². The maximum Gasteiger partial charge on any atom is 0.267 e. The topological polar surface area (TPSA) is 84.3 Å². The summed E-state index contributed by atoms with van der Waals surface area (Å²) in [5, 5.41) is 6.19. The Bertz CT molecular complexity index is 981. The fourth-order valence-corrected chi connectivity index (χ4v) is 3.56. The number of nitrogens with one attached hydrogen (secondary N) is 2. The molecule has 0 unspecified atom stereocenters. The lowest BCUT2D eigenvalue weighted by atomic mass is 10.2. The molecular weight excluding hydrogens is 392 g/mol. The zero-order valence-corrected chi connectivity index (χ0v) is 17.8. The first-order valence-corrected chi connectivity index (χ1v) is 10.6. The summed E-state index contributed by atoms with van der Waals surface area (Å²) in [6.07, 6.45) is 6.37. The minimum absolute atomic E-state index is 0.0704. The molecule has 0 saturated carbocycles. The van der Waals surface area contributed by atoms with Crippen LogP contribution in [0.4, 0.5) is 11.6 Å². The lowest BCUT2D eigenvalue weighted by molar-refractivity contribution is 0.0374. The summed E-state index contributed by atoms with van der Waals surface area (Å²) in [5.41, 5.74) is 3.32. The monoisotopic (exact) mass is 420 g/mol. The number of para-hydroxylation sites is 1. The second-order valence-corrected chi connectivity index (χ2v) is 7.57. The maximum atomic E-state index is 12.6. The lowest BCUT2D eigenvalue weighted by Gasteiger charge is -2.26. The third kappa shape index (κ3) is 5.68. The van der Waals surface area contributed by atoms with E-state index in [1.54, 1.807) is 12.4 Å². The molecule has 0 atom stereocenters. The number of nitrogens with zero attached hydrogens (tertiary/aromatic N) is 4. The van der Waals surface area contributed by atoms with Crippen LogP contribution in [0.3, 0.4) is 0 Å². The van der Waals surface area contributed by atoms with Crippen molar-refractivity contribution in [2.45, 2.75) is 6.42 Å². The summed E-state index contributed by atoms with van der Waals surface area (Å²) < 4.78 is 7.20. The number of hydrogen-bond acceptors (Lipinski definition) is 6. The summed E-state index contributed by atoms with van der Waals surface area (Å²) >= 11 is 0. The number of anilines is 2. The fourth-order valence-electron chi connectivity index (χ4n) is 3.56. The maximum absolute atomic E-state index is 12.6. The van der Waals surface area contributed by atoms with Gasteiger partial charge in [-0.2, -0.15) is 0 Å². The van der Waals surface area contributed by atoms with E-state index in [1.165, 1.54) is 0 Å². The van der Waals surface area contributed by atoms with Gasteiger partial charge in [-0.05, 0) is 31.2 Å². The normalized spacial score (nSPS) is 14.4. The van der Waals surface area contributed by atoms with Gasteiger partial charge in [0.2, 0.25) is 5.95 Å². The van der Waals surface area contributed by atoms with E-state index >= 15 is 0 Å². The van der Waals surface area contributed by atoms with E-state index < -0.39 is 0 Å². The van der Waals surface area contributed by atoms with Crippen molar-refractivity contribution in [3.63, 3.8) is 0 Å². The Morgan fingerprint density at radius 2 is 1.84 bits per heavy atom. The first-order valence-electron chi connectivity index (χ1n) is 10.6. The molecule has 8 nitrogen and oxygen atoms in total. The zero-order chi connectivity index (χ0) is 21.5. The molecule has 1 aliphatic heterocycles. The summed E-state index contributed by atoms with van der Waals surface area (Å²) in [4.78, 5) is 23.8. The van der Waals surface area contributed by atoms with Crippen molar-refractivity contribution in [1.82, 2.24) is 24.8 Å². The van der Waals surface area contributed by atoms with Crippen LogP contribution in [0.25, 0.3) is 11.1 Å². The van der Waals surface area contributed by atoms with Crippen molar-refractivity contribution < 1.29 is 9.53 Å². The number of ether oxygens (including phenoxy) is 1. The molecule has 31 heavy (non-hydrogen) atoms. The summed E-state index contributed by atoms with van der Waals surface area (Å²) in [5.74, 6) is 0.461. The molecule has 4 rings (SSSR count). The fraction of sp³-hybridized carbons (Fsp3) is 0.348. The number of amides is 1. The zero-order valence-electron chi connectivity index (χ0n) is 17.8. The molecule has 3 aromatic rings. The number of aryl methyl sites for hydroxylation is 1. The molecule has 1 amide bonds. The van der Waals surface area contributed by atoms with Gasteiger partial charge < -0.3 is 19.9 Å². The first kappa shape index (κ1) is 21.0. The predicted molar refractivity (Wildman–Crippen MR) is 120 cm³/mol. The third-order valence-electron chi connectivity index (χ3n) is 5.29. The van der Waals surface area contributed by atoms with Crippen molar-refractivity contribution in [3.05, 3.63) is 60.7 Å². The second kappa shape index (κ2) is 10.2. The van der Waals surface area contributed by atoms with Crippen LogP contribution >= 0.6 is 0 Å². The SMILES string of the molecule is Cn1cc(-c2cnc(Nc3ccccc3)nc2)cc1C(=O)NCCCN1CCOCC1. The van der Waals surface area contributed by atoms with Crippen molar-refractivity contribution in [2.75, 3.05) is 44.7 Å². The van der Waals surface area contributed by atoms with Gasteiger partial charge in [0.05, 0.1) is 13.2 Å². The molecule has 0 bridgehead atoms. The third-order valence-corrected chi connectivity index (χ3v) is 5.29. The first-order chi connectivity index (χ1) is 15.2. The molecule has 0 spiro atoms. The number of carbonyl (C=O) groups is 1. The van der Waals surface area contributed by atoms with Crippen molar-refractivity contribution >= 4 is 17.5 Å². The minimum atomic E-state index is -0.0704. The molecule has 1 saturated heterocycles. The molecular formula is C23H28N6O2. The Hall–Kier alpha value is -3.23. The summed E-state index contributed by atoms with van der Waals surface area (Å²) in [6.45, 7) is 5.16. The quantitative estimate of drug-likeness (QED) is 0.545. The van der Waals surface area contributed by atoms with Crippen LogP contribution in [0.15, 0.2) is 55.0 Å². The average Bonchev–Trinajstić information content (AvgIpc) is 3.20. The molecule has 8 heteroatoms. The second-order valence-electron chi connectivity index (χ2n) is 7.57. The van der Waals surface area contributed by atoms with E-state index in [2.05, 4.69) is 25.5 Å². The largest absolute Gasteiger partial charge is 0.379 e. The van der Waals surface area contributed by atoms with Gasteiger partial charge in [-0.1, -0.05) is 18.2 Å². The summed E-state index contributed by atoms with van der Waals surface area (Å²) in [6, 6.07) is 11.7. The molecule has 3 heterocycles. The van der Waals surface area contributed by atoms with E-state index in [9.17, 15) is 4.79 Å². The highest BCUT2D eigenvalue weighted by Gasteiger charge is 2.14. The van der Waals surface area contributed by atoms with Crippen LogP contribution in [0.1, 0.15) is 16.9 Å². The van der Waals surface area contributed by atoms with Crippen molar-refractivity contribution in [1.29, 1.82) is 0 Å². The van der Waals surface area contributed by atoms with E-state index in [-0.39, 0.29) is 5.91 Å². The number of benzene rings is 1. The van der Waals surface area contributed by atoms with Crippen LogP contribution in [-0.2, 0) is 11.8 Å². The van der Waals surface area contributed by atoms with Crippen molar-refractivity contribution in [3.8, 4) is 11.1 Å². The molecule has 162 valence electrons. The molecule has 2 N–H and O–H groups in total. The summed E-state index contributed by atoms with van der Waals surface area (Å²) in [7, 11) is 1.87. The Kier molecular flexibility index (Phi) is 6.91. The van der Waals surface area contributed by atoms with Gasteiger partial charge in [0, 0.05) is 62.1 Å². The van der Waals surface area contributed by atoms with Gasteiger partial charge in [0.15, 0.2) is 0 Å². The molecule has 1 aliphatic rings. The number of aromatic nitrogens is 3. The standard InChI is InChI=1S/C23H28N6O2/c1-28-17-18(19-15-25-23(26-16-19)27-20-6-3-2-4-7-20)14-21(28)22(30)24-8-5-9-29-10-12-31-13-11-29/h2-4,6-7,14-17H,5,8-13H2,1H3,(H,24,30)(H,25,26,27). The molecule has 1 fully saturated rings. The molecule has 0 radical (unpaired) electrons. The Morgan fingerprint density at radius 1 is 1.10 bits per heavy atom. The molecule has 1 aromatic carbocycles. The van der Waals surface area contributed by atoms with Gasteiger partial charge in [0.1, 0.15) is 5.69 Å². The Balaban J connectivity index is 1.31. The number of rotatable bonds is 8. The number of carbonyl (C=O) groups excluding carboxylic acids is 1. The van der Waals surface area contributed by atoms with Crippen LogP contribution in [-0.4, -0.2) is 64.7 Å². The highest BCUT2D eigenvalue weighted by atomic mass is 16.5. The van der Waals surface area contributed by atoms with E-state index in [1.807, 2.05) is 54.2 Å². The molecule has 0 aliphatic carbocycles. The minimum Gasteiger partial charge on any atom is -0.379 e. The number of morpholine rings is 1. The lowest BCUT2D eigenvalue weighted by Crippen LogP contribution is -2.38. The Labute approximate surface area is 182 Å². The predicted octanol–water partition coefficient (Wildman–Crippen LogP) is 2.68. The van der Waals surface area contributed by atoms with Crippen LogP contribution in [0.5, 0.6) is 0 Å². The number of hydrogen-bond donors (Lipinski definition) is 2. The Morgan fingerprint density at radius 3 is 2.58 bits per heavy atom. The van der Waals surface area contributed by atoms with Gasteiger partial charge in [-0.25, -0.2) is 9.97 Å². The van der Waals surface area contributed by atoms with Gasteiger partial charge in [-0.15, -0.1) is 0 Å². The van der Waals surface area contributed by atoms with Crippen molar-refractivity contribution in [2.24, 2.45) is 7.05 Å². The van der Waals surface area contributed by atoms with E-state index in [0.717, 1.165) is 56.1 Å². The highest BCUT2D eigenvalue weighted by Crippen LogP contribution is 2.22. The van der Waals surface area contributed by atoms with Crippen LogP contribution in [0, 0.1) is 0 Å². The van der Waals surface area contributed by atoms with Gasteiger partial charge >= 0.3 is 0 Å². The van der Waals surface area contributed by atoms with E-state index in [4.69, 9.17) is 4.74 Å². The van der Waals surface area contributed by atoms with Gasteiger partial charge in [-0.3, -0.25) is 9.69 Å². The average molecular weight is 421 g/mol.